The maximum atomic E-state index is 13.2. The summed E-state index contributed by atoms with van der Waals surface area (Å²) in [4.78, 5) is 62.0. The van der Waals surface area contributed by atoms with Gasteiger partial charge in [-0.05, 0) is 42.1 Å². The lowest BCUT2D eigenvalue weighted by atomic mass is 9.92. The third-order valence-electron chi connectivity index (χ3n) is 6.38. The highest BCUT2D eigenvalue weighted by molar-refractivity contribution is 7.80. The van der Waals surface area contributed by atoms with E-state index >= 15 is 0 Å². The van der Waals surface area contributed by atoms with Crippen molar-refractivity contribution in [3.05, 3.63) is 48.0 Å². The Kier molecular flexibility index (Phi) is 12.9. The lowest BCUT2D eigenvalue weighted by molar-refractivity contribution is -0.141. The van der Waals surface area contributed by atoms with E-state index in [-0.39, 0.29) is 30.3 Å². The van der Waals surface area contributed by atoms with Gasteiger partial charge < -0.3 is 21.5 Å². The van der Waals surface area contributed by atoms with Gasteiger partial charge in [0.1, 0.15) is 0 Å². The fraction of sp³-hybridized carbons (Fsp3) is 0.464. The molecular formula is C28H37N3O6S. The minimum absolute atomic E-state index is 0.0489. The number of carboxylic acids is 1. The summed E-state index contributed by atoms with van der Waals surface area (Å²) in [6.07, 6.45) is 1.26. The molecule has 2 rings (SSSR count). The molecule has 0 bridgehead atoms. The van der Waals surface area contributed by atoms with Crippen LogP contribution in [0.3, 0.4) is 0 Å². The number of ketones is 2. The molecular weight excluding hydrogens is 506 g/mol. The highest BCUT2D eigenvalue weighted by atomic mass is 32.1. The number of hydrogen-bond acceptors (Lipinski definition) is 7. The first-order chi connectivity index (χ1) is 18.2. The number of aliphatic carboxylic acids is 1. The lowest BCUT2D eigenvalue weighted by Crippen LogP contribution is -2.47. The van der Waals surface area contributed by atoms with Gasteiger partial charge in [-0.15, -0.1) is 0 Å². The maximum Gasteiger partial charge on any atom is 0.305 e. The highest BCUT2D eigenvalue weighted by Gasteiger charge is 2.30. The van der Waals surface area contributed by atoms with Gasteiger partial charge in [0.2, 0.25) is 11.8 Å². The van der Waals surface area contributed by atoms with Crippen LogP contribution in [0.15, 0.2) is 42.5 Å². The molecule has 5 N–H and O–H groups in total. The van der Waals surface area contributed by atoms with Crippen LogP contribution in [0.25, 0.3) is 10.8 Å². The number of unbranched alkanes of at least 4 members (excludes halogenated alkanes) is 1. The fourth-order valence-corrected chi connectivity index (χ4v) is 4.67. The molecule has 0 saturated heterocycles. The normalized spacial score (nSPS) is 13.3. The highest BCUT2D eigenvalue weighted by Crippen LogP contribution is 2.21. The first kappa shape index (κ1) is 31.0. The molecule has 206 valence electrons. The molecule has 0 heterocycles. The van der Waals surface area contributed by atoms with Gasteiger partial charge >= 0.3 is 5.97 Å². The first-order valence-electron chi connectivity index (χ1n) is 12.8. The van der Waals surface area contributed by atoms with Gasteiger partial charge in [0, 0.05) is 31.4 Å². The van der Waals surface area contributed by atoms with E-state index in [4.69, 9.17) is 5.73 Å². The zero-order chi connectivity index (χ0) is 28.1. The Morgan fingerprint density at radius 3 is 2.29 bits per heavy atom. The molecule has 1 unspecified atom stereocenters. The molecule has 2 aromatic carbocycles. The van der Waals surface area contributed by atoms with Crippen LogP contribution in [0.2, 0.25) is 0 Å². The number of nitrogens with one attached hydrogen (secondary N) is 2. The van der Waals surface area contributed by atoms with Gasteiger partial charge in [0.25, 0.3) is 0 Å². The minimum Gasteiger partial charge on any atom is -0.481 e. The Labute approximate surface area is 228 Å². The van der Waals surface area contributed by atoms with Gasteiger partial charge in [-0.2, -0.15) is 12.6 Å². The van der Waals surface area contributed by atoms with Gasteiger partial charge in [-0.3, -0.25) is 24.0 Å². The van der Waals surface area contributed by atoms with Crippen molar-refractivity contribution in [2.75, 3.05) is 12.3 Å². The molecule has 2 amide bonds. The second-order valence-electron chi connectivity index (χ2n) is 9.35. The number of Topliss-reactive ketones (excluding diaryl/α,β-unsaturated/α-hetero) is 2. The number of hydrogen-bond donors (Lipinski definition) is 5. The average Bonchev–Trinajstić information content (AvgIpc) is 2.88. The molecule has 0 radical (unpaired) electrons. The van der Waals surface area contributed by atoms with E-state index in [1.54, 1.807) is 0 Å². The standard InChI is InChI=1S/C28H37N3O6S/c1-18(32)30-24(17-38)26(34)15-21(8-4-5-14-29)28(37)31-23(16-27(35)36)25(33)13-12-20-10-6-9-19-7-2-3-11-22(19)20/h2-3,6-7,9-11,21,23-24,38H,4-5,8,12-17,29H2,1H3,(H,30,32)(H,31,37)(H,35,36)/t21?,23-,24-/m0/s1. The van der Waals surface area contributed by atoms with E-state index in [9.17, 15) is 29.1 Å². The van der Waals surface area contributed by atoms with Gasteiger partial charge in [-0.1, -0.05) is 48.9 Å². The summed E-state index contributed by atoms with van der Waals surface area (Å²) >= 11 is 4.12. The lowest BCUT2D eigenvalue weighted by Gasteiger charge is -2.23. The molecule has 10 heteroatoms. The number of rotatable bonds is 17. The summed E-state index contributed by atoms with van der Waals surface area (Å²) in [5, 5.41) is 16.6. The Morgan fingerprint density at radius 2 is 1.63 bits per heavy atom. The van der Waals surface area contributed by atoms with Crippen LogP contribution < -0.4 is 16.4 Å². The Balaban J connectivity index is 2.14. The van der Waals surface area contributed by atoms with Gasteiger partial charge in [-0.25, -0.2) is 0 Å². The third-order valence-corrected chi connectivity index (χ3v) is 6.74. The van der Waals surface area contributed by atoms with E-state index in [2.05, 4.69) is 23.3 Å². The summed E-state index contributed by atoms with van der Waals surface area (Å²) in [5.41, 5.74) is 6.53. The van der Waals surface area contributed by atoms with Crippen LogP contribution in [0, 0.1) is 5.92 Å². The number of carboxylic acid groups (broad SMARTS) is 1. The number of amides is 2. The van der Waals surface area contributed by atoms with Crippen molar-refractivity contribution in [2.24, 2.45) is 11.7 Å². The zero-order valence-electron chi connectivity index (χ0n) is 21.7. The topological polar surface area (TPSA) is 156 Å². The summed E-state index contributed by atoms with van der Waals surface area (Å²) in [5.74, 6) is -3.66. The first-order valence-corrected chi connectivity index (χ1v) is 13.4. The monoisotopic (exact) mass is 543 g/mol. The van der Waals surface area contributed by atoms with Crippen LogP contribution in [-0.2, 0) is 30.4 Å². The maximum absolute atomic E-state index is 13.2. The van der Waals surface area contributed by atoms with Crippen molar-refractivity contribution in [3.63, 3.8) is 0 Å². The van der Waals surface area contributed by atoms with Crippen molar-refractivity contribution < 1.29 is 29.1 Å². The van der Waals surface area contributed by atoms with Crippen molar-refractivity contribution in [1.29, 1.82) is 0 Å². The molecule has 0 saturated carbocycles. The van der Waals surface area contributed by atoms with Crippen molar-refractivity contribution in [2.45, 2.75) is 64.0 Å². The quantitative estimate of drug-likeness (QED) is 0.152. The van der Waals surface area contributed by atoms with Gasteiger partial charge in [0.15, 0.2) is 11.6 Å². The van der Waals surface area contributed by atoms with Crippen LogP contribution in [0.4, 0.5) is 0 Å². The number of carbonyl (C=O) groups is 5. The molecule has 0 spiro atoms. The van der Waals surface area contributed by atoms with Crippen LogP contribution >= 0.6 is 12.6 Å². The van der Waals surface area contributed by atoms with Crippen LogP contribution in [0.5, 0.6) is 0 Å². The zero-order valence-corrected chi connectivity index (χ0v) is 22.5. The Bertz CT molecular complexity index is 1130. The SMILES string of the molecule is CC(=O)N[C@@H](CS)C(=O)CC(CCCCN)C(=O)N[C@@H](CC(=O)O)C(=O)CCc1cccc2ccccc12. The smallest absolute Gasteiger partial charge is 0.305 e. The molecule has 3 atom stereocenters. The van der Waals surface area contributed by atoms with Crippen molar-refractivity contribution >= 4 is 52.8 Å². The number of benzene rings is 2. The summed E-state index contributed by atoms with van der Waals surface area (Å²) in [6.45, 7) is 1.71. The molecule has 0 aliphatic heterocycles. The van der Waals surface area contributed by atoms with Gasteiger partial charge in [0.05, 0.1) is 18.5 Å². The predicted octanol–water partition coefficient (Wildman–Crippen LogP) is 2.44. The summed E-state index contributed by atoms with van der Waals surface area (Å²) in [7, 11) is 0. The number of fused-ring (bicyclic) bond motifs is 1. The second kappa shape index (κ2) is 15.9. The largest absolute Gasteiger partial charge is 0.481 e. The third kappa shape index (κ3) is 9.90. The number of aryl methyl sites for hydroxylation is 1. The number of thiol groups is 1. The average molecular weight is 544 g/mol. The summed E-state index contributed by atoms with van der Waals surface area (Å²) < 4.78 is 0. The van der Waals surface area contributed by atoms with Crippen LogP contribution in [-0.4, -0.2) is 58.8 Å². The van der Waals surface area contributed by atoms with E-state index < -0.39 is 42.1 Å². The predicted molar refractivity (Wildman–Crippen MR) is 149 cm³/mol. The van der Waals surface area contributed by atoms with Crippen molar-refractivity contribution in [1.82, 2.24) is 10.6 Å². The number of nitrogens with two attached hydrogens (primary N) is 1. The summed E-state index contributed by atoms with van der Waals surface area (Å²) in [6, 6.07) is 11.5. The van der Waals surface area contributed by atoms with E-state index in [0.29, 0.717) is 32.2 Å². The Morgan fingerprint density at radius 1 is 0.921 bits per heavy atom. The molecule has 0 aromatic heterocycles. The number of carbonyl (C=O) groups excluding carboxylic acids is 4. The van der Waals surface area contributed by atoms with Crippen molar-refractivity contribution in [3.8, 4) is 0 Å². The minimum atomic E-state index is -1.22. The second-order valence-corrected chi connectivity index (χ2v) is 9.72. The molecule has 0 aliphatic carbocycles. The molecule has 0 aliphatic rings. The molecule has 0 fully saturated rings. The molecule has 9 nitrogen and oxygen atoms in total. The fourth-order valence-electron chi connectivity index (χ4n) is 4.37. The molecule has 38 heavy (non-hydrogen) atoms. The molecule has 2 aromatic rings. The van der Waals surface area contributed by atoms with E-state index in [1.165, 1.54) is 6.92 Å². The van der Waals surface area contributed by atoms with E-state index in [1.807, 2.05) is 42.5 Å². The van der Waals surface area contributed by atoms with E-state index in [0.717, 1.165) is 16.3 Å². The van der Waals surface area contributed by atoms with Crippen LogP contribution in [0.1, 0.15) is 51.0 Å². The Hall–Kier alpha value is -3.24.